The maximum atomic E-state index is 12.0. The second-order valence-electron chi connectivity index (χ2n) is 4.60. The number of alkyl halides is 1. The molecule has 0 atom stereocenters. The van der Waals surface area contributed by atoms with Crippen molar-refractivity contribution >= 4 is 31.5 Å². The predicted molar refractivity (Wildman–Crippen MR) is 74.8 cm³/mol. The summed E-state index contributed by atoms with van der Waals surface area (Å²) in [5, 5.41) is 0. The van der Waals surface area contributed by atoms with Gasteiger partial charge in [-0.05, 0) is 12.8 Å². The van der Waals surface area contributed by atoms with Crippen LogP contribution in [0.25, 0.3) is 0 Å². The Labute approximate surface area is 120 Å². The van der Waals surface area contributed by atoms with Crippen molar-refractivity contribution in [1.82, 2.24) is 4.31 Å². The number of sulfonamides is 1. The van der Waals surface area contributed by atoms with Crippen LogP contribution in [0.2, 0.25) is 0 Å². The highest BCUT2D eigenvalue weighted by Gasteiger charge is 2.28. The molecule has 1 fully saturated rings. The zero-order chi connectivity index (χ0) is 14.5. The average Bonchev–Trinajstić information content (AvgIpc) is 2.34. The summed E-state index contributed by atoms with van der Waals surface area (Å²) < 4.78 is 52.7. The SMILES string of the molecule is CS(=O)(=O)CCS(=O)(=O)N1CCC(OCCCl)CC1. The molecule has 0 spiro atoms. The van der Waals surface area contributed by atoms with Crippen LogP contribution in [0, 0.1) is 0 Å². The first-order valence-electron chi connectivity index (χ1n) is 6.08. The third kappa shape index (κ3) is 6.40. The first-order chi connectivity index (χ1) is 8.74. The van der Waals surface area contributed by atoms with Gasteiger partial charge in [0.25, 0.3) is 0 Å². The largest absolute Gasteiger partial charge is 0.377 e. The summed E-state index contributed by atoms with van der Waals surface area (Å²) in [4.78, 5) is 0. The molecule has 19 heavy (non-hydrogen) atoms. The smallest absolute Gasteiger partial charge is 0.215 e. The van der Waals surface area contributed by atoms with Gasteiger partial charge in [0.1, 0.15) is 9.84 Å². The van der Waals surface area contributed by atoms with E-state index in [1.54, 1.807) is 0 Å². The number of ether oxygens (including phenoxy) is 1. The number of hydrogen-bond donors (Lipinski definition) is 0. The van der Waals surface area contributed by atoms with Gasteiger partial charge in [-0.3, -0.25) is 0 Å². The van der Waals surface area contributed by atoms with Gasteiger partial charge in [-0.2, -0.15) is 0 Å². The number of rotatable bonds is 7. The second kappa shape index (κ2) is 7.21. The zero-order valence-electron chi connectivity index (χ0n) is 10.9. The number of halogens is 1. The third-order valence-corrected chi connectivity index (χ3v) is 6.17. The van der Waals surface area contributed by atoms with Crippen molar-refractivity contribution in [2.75, 3.05) is 43.3 Å². The molecule has 9 heteroatoms. The Balaban J connectivity index is 2.45. The maximum absolute atomic E-state index is 12.0. The van der Waals surface area contributed by atoms with E-state index in [0.717, 1.165) is 6.26 Å². The Hall–Kier alpha value is 0.110. The molecule has 0 aromatic carbocycles. The molecule has 1 heterocycles. The third-order valence-electron chi connectivity index (χ3n) is 2.94. The van der Waals surface area contributed by atoms with Crippen LogP contribution in [0.4, 0.5) is 0 Å². The summed E-state index contributed by atoms with van der Waals surface area (Å²) >= 11 is 5.52. The van der Waals surface area contributed by atoms with Crippen LogP contribution in [0.15, 0.2) is 0 Å². The molecule has 0 aromatic heterocycles. The summed E-state index contributed by atoms with van der Waals surface area (Å²) in [6.45, 7) is 1.21. The van der Waals surface area contributed by atoms with E-state index in [9.17, 15) is 16.8 Å². The molecule has 1 aliphatic heterocycles. The molecule has 1 rings (SSSR count). The highest BCUT2D eigenvalue weighted by molar-refractivity contribution is 7.93. The summed E-state index contributed by atoms with van der Waals surface area (Å²) in [5.41, 5.74) is 0. The summed E-state index contributed by atoms with van der Waals surface area (Å²) in [6.07, 6.45) is 2.32. The molecule has 0 radical (unpaired) electrons. The molecule has 0 unspecified atom stereocenters. The number of hydrogen-bond acceptors (Lipinski definition) is 5. The van der Waals surface area contributed by atoms with E-state index < -0.39 is 19.9 Å². The topological polar surface area (TPSA) is 80.8 Å². The Morgan fingerprint density at radius 2 is 1.74 bits per heavy atom. The van der Waals surface area contributed by atoms with Crippen LogP contribution >= 0.6 is 11.6 Å². The molecule has 0 amide bonds. The van der Waals surface area contributed by atoms with Crippen LogP contribution in [-0.2, 0) is 24.6 Å². The molecule has 0 N–H and O–H groups in total. The molecule has 114 valence electrons. The van der Waals surface area contributed by atoms with E-state index >= 15 is 0 Å². The molecule has 0 aromatic rings. The predicted octanol–water partition coefficient (Wildman–Crippen LogP) is 0.0806. The van der Waals surface area contributed by atoms with Crippen molar-refractivity contribution in [3.63, 3.8) is 0 Å². The van der Waals surface area contributed by atoms with Gasteiger partial charge in [0, 0.05) is 25.2 Å². The fraction of sp³-hybridized carbons (Fsp3) is 1.00. The lowest BCUT2D eigenvalue weighted by molar-refractivity contribution is 0.0301. The van der Waals surface area contributed by atoms with Crippen LogP contribution < -0.4 is 0 Å². The van der Waals surface area contributed by atoms with Crippen molar-refractivity contribution in [2.24, 2.45) is 0 Å². The molecule has 0 aliphatic carbocycles. The van der Waals surface area contributed by atoms with Gasteiger partial charge in [0.15, 0.2) is 0 Å². The van der Waals surface area contributed by atoms with E-state index in [1.165, 1.54) is 4.31 Å². The van der Waals surface area contributed by atoms with E-state index in [4.69, 9.17) is 16.3 Å². The minimum Gasteiger partial charge on any atom is -0.377 e. The van der Waals surface area contributed by atoms with E-state index in [1.807, 2.05) is 0 Å². The molecular formula is C10H20ClNO5S2. The summed E-state index contributed by atoms with van der Waals surface area (Å²) in [6, 6.07) is 0. The minimum absolute atomic E-state index is 0.0418. The average molecular weight is 334 g/mol. The lowest BCUT2D eigenvalue weighted by atomic mass is 10.1. The molecule has 0 saturated carbocycles. The monoisotopic (exact) mass is 333 g/mol. The Kier molecular flexibility index (Phi) is 6.52. The van der Waals surface area contributed by atoms with Gasteiger partial charge >= 0.3 is 0 Å². The lowest BCUT2D eigenvalue weighted by Crippen LogP contribution is -2.42. The van der Waals surface area contributed by atoms with E-state index in [0.29, 0.717) is 38.4 Å². The highest BCUT2D eigenvalue weighted by Crippen LogP contribution is 2.17. The molecule has 1 aliphatic rings. The van der Waals surface area contributed by atoms with Gasteiger partial charge in [-0.15, -0.1) is 11.6 Å². The van der Waals surface area contributed by atoms with Gasteiger partial charge < -0.3 is 4.74 Å². The van der Waals surface area contributed by atoms with E-state index in [-0.39, 0.29) is 17.6 Å². The van der Waals surface area contributed by atoms with Crippen LogP contribution in [-0.4, -0.2) is 70.6 Å². The molecule has 1 saturated heterocycles. The van der Waals surface area contributed by atoms with Crippen molar-refractivity contribution in [3.05, 3.63) is 0 Å². The van der Waals surface area contributed by atoms with Gasteiger partial charge in [-0.25, -0.2) is 21.1 Å². The maximum Gasteiger partial charge on any atom is 0.215 e. The van der Waals surface area contributed by atoms with Crippen molar-refractivity contribution in [1.29, 1.82) is 0 Å². The van der Waals surface area contributed by atoms with E-state index in [2.05, 4.69) is 0 Å². The molecular weight excluding hydrogens is 314 g/mol. The molecule has 6 nitrogen and oxygen atoms in total. The minimum atomic E-state index is -3.49. The fourth-order valence-electron chi connectivity index (χ4n) is 1.87. The van der Waals surface area contributed by atoms with Crippen LogP contribution in [0.3, 0.4) is 0 Å². The highest BCUT2D eigenvalue weighted by atomic mass is 35.5. The van der Waals surface area contributed by atoms with Crippen LogP contribution in [0.1, 0.15) is 12.8 Å². The van der Waals surface area contributed by atoms with Gasteiger partial charge in [0.05, 0.1) is 24.2 Å². The lowest BCUT2D eigenvalue weighted by Gasteiger charge is -2.31. The van der Waals surface area contributed by atoms with Crippen LogP contribution in [0.5, 0.6) is 0 Å². The zero-order valence-corrected chi connectivity index (χ0v) is 13.3. The number of nitrogens with zero attached hydrogens (tertiary/aromatic N) is 1. The summed E-state index contributed by atoms with van der Waals surface area (Å²) in [5.74, 6) is -0.260. The van der Waals surface area contributed by atoms with Gasteiger partial charge in [-0.1, -0.05) is 0 Å². The Morgan fingerprint density at radius 3 is 2.21 bits per heavy atom. The standard InChI is InChI=1S/C10H20ClNO5S2/c1-18(13,14)8-9-19(15,16)12-5-2-10(3-6-12)17-7-4-11/h10H,2-9H2,1H3. The van der Waals surface area contributed by atoms with Crippen molar-refractivity contribution in [3.8, 4) is 0 Å². The van der Waals surface area contributed by atoms with Crippen molar-refractivity contribution < 1.29 is 21.6 Å². The van der Waals surface area contributed by atoms with Crippen molar-refractivity contribution in [2.45, 2.75) is 18.9 Å². The number of sulfone groups is 1. The Bertz CT molecular complexity index is 468. The quantitative estimate of drug-likeness (QED) is 0.616. The Morgan fingerprint density at radius 1 is 1.16 bits per heavy atom. The first-order valence-corrected chi connectivity index (χ1v) is 10.3. The fourth-order valence-corrected chi connectivity index (χ4v) is 5.04. The molecule has 0 bridgehead atoms. The van der Waals surface area contributed by atoms with Gasteiger partial charge in [0.2, 0.25) is 10.0 Å². The first kappa shape index (κ1) is 17.2. The number of piperidine rings is 1. The summed E-state index contributed by atoms with van der Waals surface area (Å²) in [7, 11) is -6.75. The second-order valence-corrected chi connectivity index (χ2v) is 9.33. The normalized spacial score (nSPS) is 19.7.